The molecule has 0 saturated carbocycles. The molecule has 0 aliphatic rings. The minimum Gasteiger partial charge on any atom is -0.546 e. The lowest BCUT2D eigenvalue weighted by molar-refractivity contribution is -0.307. The monoisotopic (exact) mass is 380 g/mol. The second-order valence-electron chi connectivity index (χ2n) is 4.65. The lowest BCUT2D eigenvalue weighted by Gasteiger charge is -2.11. The van der Waals surface area contributed by atoms with E-state index in [-0.39, 0.29) is 15.8 Å². The maximum absolute atomic E-state index is 10.5. The highest BCUT2D eigenvalue weighted by molar-refractivity contribution is 6.37. The number of nitrogens with zero attached hydrogens (tertiary/aromatic N) is 1. The van der Waals surface area contributed by atoms with Gasteiger partial charge in [-0.1, -0.05) is 46.9 Å². The molecule has 0 spiro atoms. The fourth-order valence-corrected chi connectivity index (χ4v) is 2.65. The average Bonchev–Trinajstić information content (AvgIpc) is 2.52. The van der Waals surface area contributed by atoms with Crippen molar-refractivity contribution in [1.82, 2.24) is 0 Å². The summed E-state index contributed by atoms with van der Waals surface area (Å²) in [5, 5.41) is 20.6. The van der Waals surface area contributed by atoms with E-state index in [1.807, 2.05) is 0 Å². The molecule has 0 unspecified atom stereocenters. The number of hydrogen-bond acceptors (Lipinski definition) is 4. The molecule has 24 heavy (non-hydrogen) atoms. The van der Waals surface area contributed by atoms with Crippen LogP contribution in [0.25, 0.3) is 11.6 Å². The van der Waals surface area contributed by atoms with Crippen LogP contribution in [0, 0.1) is 11.3 Å². The highest BCUT2D eigenvalue weighted by atomic mass is 35.5. The van der Waals surface area contributed by atoms with Crippen molar-refractivity contribution in [2.45, 2.75) is 0 Å². The number of carboxylic acid groups (broad SMARTS) is 1. The molecule has 0 bridgehead atoms. The van der Waals surface area contributed by atoms with Gasteiger partial charge in [-0.15, -0.1) is 0 Å². The summed E-state index contributed by atoms with van der Waals surface area (Å²) >= 11 is 18.0. The number of halogens is 3. The lowest BCUT2D eigenvalue weighted by atomic mass is 10.0. The van der Waals surface area contributed by atoms with Gasteiger partial charge in [-0.25, -0.2) is 0 Å². The van der Waals surface area contributed by atoms with Crippen molar-refractivity contribution >= 4 is 52.4 Å². The first-order valence-electron chi connectivity index (χ1n) is 6.60. The third kappa shape index (κ3) is 4.65. The molecule has 4 nitrogen and oxygen atoms in total. The molecule has 0 heterocycles. The summed E-state index contributed by atoms with van der Waals surface area (Å²) in [5.74, 6) is -1.34. The summed E-state index contributed by atoms with van der Waals surface area (Å²) in [7, 11) is 0. The highest BCUT2D eigenvalue weighted by Crippen LogP contribution is 2.35. The molecule has 0 saturated heterocycles. The Morgan fingerprint density at radius 1 is 1.17 bits per heavy atom. The third-order valence-electron chi connectivity index (χ3n) is 2.94. The molecule has 0 aromatic heterocycles. The Morgan fingerprint density at radius 3 is 2.25 bits per heavy atom. The number of nitriles is 1. The molecule has 2 aromatic carbocycles. The predicted molar refractivity (Wildman–Crippen MR) is 91.9 cm³/mol. The van der Waals surface area contributed by atoms with Gasteiger partial charge in [-0.3, -0.25) is 0 Å². The fourth-order valence-electron chi connectivity index (χ4n) is 1.91. The number of carboxylic acids is 1. The van der Waals surface area contributed by atoms with Gasteiger partial charge in [0.1, 0.15) is 6.61 Å². The van der Waals surface area contributed by atoms with Crippen molar-refractivity contribution in [3.05, 3.63) is 62.6 Å². The normalized spacial score (nSPS) is 11.0. The Balaban J connectivity index is 2.36. The highest BCUT2D eigenvalue weighted by Gasteiger charge is 2.10. The molecule has 2 rings (SSSR count). The minimum atomic E-state index is -1.39. The van der Waals surface area contributed by atoms with E-state index in [0.29, 0.717) is 21.7 Å². The zero-order valence-corrected chi connectivity index (χ0v) is 14.3. The smallest absolute Gasteiger partial charge is 0.157 e. The van der Waals surface area contributed by atoms with Crippen LogP contribution in [0.1, 0.15) is 11.1 Å². The summed E-state index contributed by atoms with van der Waals surface area (Å²) in [5.41, 5.74) is 1.64. The van der Waals surface area contributed by atoms with E-state index in [4.69, 9.17) is 39.5 Å². The van der Waals surface area contributed by atoms with Gasteiger partial charge in [0, 0.05) is 5.02 Å². The number of aliphatic carboxylic acids is 1. The van der Waals surface area contributed by atoms with E-state index in [1.54, 1.807) is 30.3 Å². The Hall–Kier alpha value is -2.19. The van der Waals surface area contributed by atoms with E-state index in [1.165, 1.54) is 12.1 Å². The van der Waals surface area contributed by atoms with Crippen LogP contribution in [0.4, 0.5) is 0 Å². The van der Waals surface area contributed by atoms with Crippen LogP contribution in [0.3, 0.4) is 0 Å². The van der Waals surface area contributed by atoms with Crippen molar-refractivity contribution in [2.75, 3.05) is 6.61 Å². The van der Waals surface area contributed by atoms with E-state index in [9.17, 15) is 15.2 Å². The van der Waals surface area contributed by atoms with Crippen molar-refractivity contribution in [1.29, 1.82) is 5.26 Å². The summed E-state index contributed by atoms with van der Waals surface area (Å²) in [6.07, 6.45) is 1.60. The first-order valence-corrected chi connectivity index (χ1v) is 7.73. The van der Waals surface area contributed by atoms with Gasteiger partial charge in [-0.05, 0) is 41.5 Å². The van der Waals surface area contributed by atoms with Gasteiger partial charge in [0.05, 0.1) is 27.7 Å². The molecule has 122 valence electrons. The first-order chi connectivity index (χ1) is 11.4. The molecule has 2 aromatic rings. The summed E-state index contributed by atoms with van der Waals surface area (Å²) in [6, 6.07) is 11.9. The molecule has 0 atom stereocenters. The fraction of sp³-hybridized carbons (Fsp3) is 0.0588. The van der Waals surface area contributed by atoms with E-state index < -0.39 is 12.6 Å². The second kappa shape index (κ2) is 8.07. The molecule has 0 N–H and O–H groups in total. The SMILES string of the molecule is N#C/C(=C\c1cc(Cl)c(OCC(=O)[O-])c(Cl)c1)c1ccc(Cl)cc1. The topological polar surface area (TPSA) is 73.1 Å². The standard InChI is InChI=1S/C17H10Cl3NO3/c18-13-3-1-11(2-4-13)12(8-21)5-10-6-14(19)17(15(20)7-10)24-9-16(22)23/h1-7H,9H2,(H,22,23)/p-1/b12-5+. The molecule has 7 heteroatoms. The Kier molecular flexibility index (Phi) is 6.10. The van der Waals surface area contributed by atoms with Crippen molar-refractivity contribution in [2.24, 2.45) is 0 Å². The predicted octanol–water partition coefficient (Wildman–Crippen LogP) is 3.84. The maximum atomic E-state index is 10.5. The van der Waals surface area contributed by atoms with Crippen LogP contribution < -0.4 is 9.84 Å². The molecule has 0 radical (unpaired) electrons. The molecular weight excluding hydrogens is 373 g/mol. The zero-order valence-electron chi connectivity index (χ0n) is 12.1. The number of hydrogen-bond donors (Lipinski definition) is 0. The number of benzene rings is 2. The van der Waals surface area contributed by atoms with Gasteiger partial charge in [0.2, 0.25) is 0 Å². The lowest BCUT2D eigenvalue weighted by Crippen LogP contribution is -2.29. The van der Waals surface area contributed by atoms with Gasteiger partial charge in [0.25, 0.3) is 0 Å². The Labute approximate surface area is 153 Å². The molecule has 0 aliphatic carbocycles. The van der Waals surface area contributed by atoms with Crippen LogP contribution in [0.15, 0.2) is 36.4 Å². The largest absolute Gasteiger partial charge is 0.546 e. The van der Waals surface area contributed by atoms with Gasteiger partial charge in [0.15, 0.2) is 5.75 Å². The van der Waals surface area contributed by atoms with Crippen molar-refractivity contribution in [3.63, 3.8) is 0 Å². The number of carbonyl (C=O) groups is 1. The minimum absolute atomic E-state index is 0.0460. The summed E-state index contributed by atoms with van der Waals surface area (Å²) in [6.45, 7) is -0.664. The zero-order chi connectivity index (χ0) is 17.7. The quantitative estimate of drug-likeness (QED) is 0.582. The van der Waals surface area contributed by atoms with Crippen LogP contribution in [0.5, 0.6) is 5.75 Å². The summed E-state index contributed by atoms with van der Waals surface area (Å²) in [4.78, 5) is 10.5. The van der Waals surface area contributed by atoms with Gasteiger partial charge >= 0.3 is 0 Å². The Bertz CT molecular complexity index is 816. The number of rotatable bonds is 5. The number of carbonyl (C=O) groups excluding carboxylic acids is 1. The van der Waals surface area contributed by atoms with Crippen molar-refractivity contribution in [3.8, 4) is 11.8 Å². The number of allylic oxidation sites excluding steroid dienone is 1. The Morgan fingerprint density at radius 2 is 1.75 bits per heavy atom. The first kappa shape index (κ1) is 18.2. The van der Waals surface area contributed by atoms with E-state index >= 15 is 0 Å². The second-order valence-corrected chi connectivity index (χ2v) is 5.90. The number of ether oxygens (including phenoxy) is 1. The summed E-state index contributed by atoms with van der Waals surface area (Å²) < 4.78 is 4.99. The van der Waals surface area contributed by atoms with E-state index in [2.05, 4.69) is 6.07 Å². The van der Waals surface area contributed by atoms with Gasteiger partial charge in [-0.2, -0.15) is 5.26 Å². The third-order valence-corrected chi connectivity index (χ3v) is 3.76. The molecule has 0 fully saturated rings. The van der Waals surface area contributed by atoms with E-state index in [0.717, 1.165) is 0 Å². The molecule has 0 amide bonds. The van der Waals surface area contributed by atoms with Crippen LogP contribution >= 0.6 is 34.8 Å². The van der Waals surface area contributed by atoms with Crippen LogP contribution in [-0.2, 0) is 4.79 Å². The van der Waals surface area contributed by atoms with Gasteiger partial charge < -0.3 is 14.6 Å². The van der Waals surface area contributed by atoms with Crippen molar-refractivity contribution < 1.29 is 14.6 Å². The van der Waals surface area contributed by atoms with Crippen LogP contribution in [-0.4, -0.2) is 12.6 Å². The molecule has 0 aliphatic heterocycles. The maximum Gasteiger partial charge on any atom is 0.157 e. The van der Waals surface area contributed by atoms with Crippen LogP contribution in [0.2, 0.25) is 15.1 Å². The average molecular weight is 382 g/mol. The molecular formula is C17H9Cl3NO3-.